The molecule has 10 heteroatoms. The summed E-state index contributed by atoms with van der Waals surface area (Å²) in [7, 11) is 0. The van der Waals surface area contributed by atoms with Crippen LogP contribution in [0.2, 0.25) is 5.02 Å². The minimum Gasteiger partial charge on any atom is -0.342 e. The molecule has 3 rings (SSSR count). The number of nitrogens with zero attached hydrogens (tertiary/aromatic N) is 3. The van der Waals surface area contributed by atoms with Crippen LogP contribution in [0.5, 0.6) is 0 Å². The van der Waals surface area contributed by atoms with E-state index in [4.69, 9.17) is 11.6 Å². The number of hydrogen-bond donors (Lipinski definition) is 2. The summed E-state index contributed by atoms with van der Waals surface area (Å²) < 4.78 is 14.9. The molecule has 0 fully saturated rings. The van der Waals surface area contributed by atoms with E-state index in [0.717, 1.165) is 0 Å². The lowest BCUT2D eigenvalue weighted by Gasteiger charge is -2.23. The molecule has 0 bridgehead atoms. The van der Waals surface area contributed by atoms with Gasteiger partial charge in [0, 0.05) is 12.2 Å². The summed E-state index contributed by atoms with van der Waals surface area (Å²) >= 11 is 7.39. The fourth-order valence-corrected chi connectivity index (χ4v) is 4.17. The Balaban J connectivity index is 1.75. The molecule has 2 N–H and O–H groups in total. The van der Waals surface area contributed by atoms with E-state index in [9.17, 15) is 14.0 Å². The average molecular weight is 502 g/mol. The van der Waals surface area contributed by atoms with Gasteiger partial charge in [-0.25, -0.2) is 4.39 Å². The first kappa shape index (κ1) is 25.5. The van der Waals surface area contributed by atoms with Gasteiger partial charge in [-0.15, -0.1) is 16.8 Å². The number of nitrogens with one attached hydrogen (secondary N) is 2. The van der Waals surface area contributed by atoms with Crippen LogP contribution in [0.3, 0.4) is 0 Å². The molecule has 7 nitrogen and oxygen atoms in total. The van der Waals surface area contributed by atoms with Crippen LogP contribution in [-0.2, 0) is 11.3 Å². The lowest BCUT2D eigenvalue weighted by molar-refractivity contribution is -0.113. The lowest BCUT2D eigenvalue weighted by atomic mass is 10.0. The number of anilines is 1. The number of halogens is 2. The maximum absolute atomic E-state index is 13.1. The normalized spacial score (nSPS) is 11.8. The second kappa shape index (κ2) is 11.8. The molecule has 2 aromatic carbocycles. The van der Waals surface area contributed by atoms with Gasteiger partial charge in [0.25, 0.3) is 5.91 Å². The van der Waals surface area contributed by atoms with Crippen LogP contribution in [0, 0.1) is 11.7 Å². The summed E-state index contributed by atoms with van der Waals surface area (Å²) in [5, 5.41) is 15.2. The number of carbonyl (C=O) groups excluding carboxylic acids is 2. The zero-order valence-corrected chi connectivity index (χ0v) is 20.4. The molecule has 0 saturated heterocycles. The Kier molecular flexibility index (Phi) is 8.84. The zero-order valence-electron chi connectivity index (χ0n) is 18.8. The molecule has 3 aromatic rings. The quantitative estimate of drug-likeness (QED) is 0.297. The van der Waals surface area contributed by atoms with Gasteiger partial charge in [0.15, 0.2) is 11.0 Å². The minimum absolute atomic E-state index is 0.00109. The number of thioether (sulfide) groups is 1. The Morgan fingerprint density at radius 1 is 1.18 bits per heavy atom. The van der Waals surface area contributed by atoms with Gasteiger partial charge in [-0.3, -0.25) is 9.59 Å². The SMILES string of the molecule is C=CCn1c(SCC(=O)Nc2ccc(F)cc2)nnc1[C@H](NC(=O)c1ccccc1Cl)C(C)C. The number of hydrogen-bond acceptors (Lipinski definition) is 5. The monoisotopic (exact) mass is 501 g/mol. The first-order valence-electron chi connectivity index (χ1n) is 10.6. The van der Waals surface area contributed by atoms with Gasteiger partial charge < -0.3 is 15.2 Å². The predicted octanol–water partition coefficient (Wildman–Crippen LogP) is 5.11. The molecule has 1 atom stereocenters. The van der Waals surface area contributed by atoms with E-state index in [1.54, 1.807) is 30.3 Å². The number of benzene rings is 2. The number of allylic oxidation sites excluding steroid dienone is 1. The van der Waals surface area contributed by atoms with E-state index in [1.165, 1.54) is 36.0 Å². The minimum atomic E-state index is -0.446. The highest BCUT2D eigenvalue weighted by atomic mass is 35.5. The highest BCUT2D eigenvalue weighted by Gasteiger charge is 2.27. The number of amides is 2. The topological polar surface area (TPSA) is 88.9 Å². The molecule has 0 radical (unpaired) electrons. The van der Waals surface area contributed by atoms with Gasteiger partial charge in [0.1, 0.15) is 5.82 Å². The van der Waals surface area contributed by atoms with Crippen molar-refractivity contribution in [1.29, 1.82) is 0 Å². The van der Waals surface area contributed by atoms with Crippen molar-refractivity contribution < 1.29 is 14.0 Å². The molecule has 0 aliphatic rings. The van der Waals surface area contributed by atoms with Crippen molar-refractivity contribution in [3.63, 3.8) is 0 Å². The summed E-state index contributed by atoms with van der Waals surface area (Å²) in [5.41, 5.74) is 0.874. The molecule has 2 amide bonds. The maximum atomic E-state index is 13.1. The van der Waals surface area contributed by atoms with E-state index in [2.05, 4.69) is 27.4 Å². The summed E-state index contributed by atoms with van der Waals surface area (Å²) in [5.74, 6) is -0.330. The molecule has 0 aliphatic heterocycles. The molecule has 34 heavy (non-hydrogen) atoms. The molecule has 0 saturated carbocycles. The first-order valence-corrected chi connectivity index (χ1v) is 11.9. The van der Waals surface area contributed by atoms with Gasteiger partial charge in [0.05, 0.1) is 22.4 Å². The fourth-order valence-electron chi connectivity index (χ4n) is 3.19. The molecule has 178 valence electrons. The summed E-state index contributed by atoms with van der Waals surface area (Å²) in [6, 6.07) is 11.9. The van der Waals surface area contributed by atoms with E-state index in [0.29, 0.717) is 33.8 Å². The van der Waals surface area contributed by atoms with Crippen LogP contribution in [-0.4, -0.2) is 32.3 Å². The summed E-state index contributed by atoms with van der Waals surface area (Å²) in [4.78, 5) is 25.2. The van der Waals surface area contributed by atoms with Crippen molar-refractivity contribution in [2.75, 3.05) is 11.1 Å². The number of aromatic nitrogens is 3. The summed E-state index contributed by atoms with van der Waals surface area (Å²) in [6.07, 6.45) is 1.70. The highest BCUT2D eigenvalue weighted by Crippen LogP contribution is 2.26. The molecule has 0 aliphatic carbocycles. The van der Waals surface area contributed by atoms with Gasteiger partial charge in [-0.1, -0.05) is 55.4 Å². The molecule has 1 heterocycles. The van der Waals surface area contributed by atoms with E-state index < -0.39 is 6.04 Å². The molecular weight excluding hydrogens is 477 g/mol. The highest BCUT2D eigenvalue weighted by molar-refractivity contribution is 7.99. The maximum Gasteiger partial charge on any atom is 0.253 e. The van der Waals surface area contributed by atoms with Gasteiger partial charge in [-0.2, -0.15) is 0 Å². The molecule has 0 unspecified atom stereocenters. The smallest absolute Gasteiger partial charge is 0.253 e. The van der Waals surface area contributed by atoms with Crippen LogP contribution in [0.1, 0.15) is 36.1 Å². The average Bonchev–Trinajstić information content (AvgIpc) is 3.20. The van der Waals surface area contributed by atoms with Crippen LogP contribution in [0.4, 0.5) is 10.1 Å². The van der Waals surface area contributed by atoms with E-state index in [1.807, 2.05) is 18.4 Å². The van der Waals surface area contributed by atoms with Gasteiger partial charge in [0.2, 0.25) is 5.91 Å². The van der Waals surface area contributed by atoms with Crippen LogP contribution < -0.4 is 10.6 Å². The molecular formula is C24H25ClFN5O2S. The second-order valence-corrected chi connectivity index (χ2v) is 9.11. The van der Waals surface area contributed by atoms with Crippen LogP contribution >= 0.6 is 23.4 Å². The van der Waals surface area contributed by atoms with Gasteiger partial charge in [-0.05, 0) is 42.3 Å². The Morgan fingerprint density at radius 3 is 2.53 bits per heavy atom. The second-order valence-electron chi connectivity index (χ2n) is 7.76. The number of rotatable bonds is 10. The third-order valence-corrected chi connectivity index (χ3v) is 6.16. The standard InChI is InChI=1S/C24H25ClFN5O2S/c1-4-13-31-22(21(15(2)3)28-23(33)18-7-5-6-8-19(18)25)29-30-24(31)34-14-20(32)27-17-11-9-16(26)10-12-17/h4-12,15,21H,1,13-14H2,2-3H3,(H,27,32)(H,28,33)/t21-/m1/s1. The van der Waals surface area contributed by atoms with Crippen LogP contribution in [0.25, 0.3) is 0 Å². The summed E-state index contributed by atoms with van der Waals surface area (Å²) in [6.45, 7) is 8.13. The molecule has 0 spiro atoms. The van der Waals surface area contributed by atoms with E-state index >= 15 is 0 Å². The third kappa shape index (κ3) is 6.45. The van der Waals surface area contributed by atoms with Crippen molar-refractivity contribution in [3.05, 3.63) is 83.4 Å². The first-order chi connectivity index (χ1) is 16.3. The fraction of sp³-hybridized carbons (Fsp3) is 0.250. The van der Waals surface area contributed by atoms with Crippen molar-refractivity contribution in [2.24, 2.45) is 5.92 Å². The van der Waals surface area contributed by atoms with Crippen molar-refractivity contribution in [2.45, 2.75) is 31.6 Å². The zero-order chi connectivity index (χ0) is 24.7. The van der Waals surface area contributed by atoms with Crippen molar-refractivity contribution >= 4 is 40.9 Å². The van der Waals surface area contributed by atoms with E-state index in [-0.39, 0.29) is 29.3 Å². The Morgan fingerprint density at radius 2 is 1.88 bits per heavy atom. The Labute approximate surface area is 206 Å². The van der Waals surface area contributed by atoms with Crippen molar-refractivity contribution in [1.82, 2.24) is 20.1 Å². The number of carbonyl (C=O) groups is 2. The van der Waals surface area contributed by atoms with Gasteiger partial charge >= 0.3 is 0 Å². The molecule has 1 aromatic heterocycles. The van der Waals surface area contributed by atoms with Crippen molar-refractivity contribution in [3.8, 4) is 0 Å². The Hall–Kier alpha value is -3.17. The Bertz CT molecular complexity index is 1170. The van der Waals surface area contributed by atoms with Crippen LogP contribution in [0.15, 0.2) is 66.3 Å². The third-order valence-electron chi connectivity index (χ3n) is 4.87. The lowest BCUT2D eigenvalue weighted by Crippen LogP contribution is -2.34. The largest absolute Gasteiger partial charge is 0.342 e. The predicted molar refractivity (Wildman–Crippen MR) is 132 cm³/mol.